The number of sulfonamides is 1. The number of carboxylic acids is 1. The average Bonchev–Trinajstić information content (AvgIpc) is 2.87. The molecule has 2 N–H and O–H groups in total. The van der Waals surface area contributed by atoms with Gasteiger partial charge in [-0.25, -0.2) is 13.4 Å². The summed E-state index contributed by atoms with van der Waals surface area (Å²) in [6.45, 7) is 3.75. The Balaban J connectivity index is 1.93. The van der Waals surface area contributed by atoms with Gasteiger partial charge in [-0.15, -0.1) is 11.3 Å². The van der Waals surface area contributed by atoms with E-state index in [9.17, 15) is 13.2 Å². The molecule has 0 spiro atoms. The molecule has 0 amide bonds. The maximum absolute atomic E-state index is 12.6. The van der Waals surface area contributed by atoms with Crippen LogP contribution < -0.4 is 4.72 Å². The van der Waals surface area contributed by atoms with E-state index in [0.29, 0.717) is 11.6 Å². The van der Waals surface area contributed by atoms with Crippen molar-refractivity contribution in [3.05, 3.63) is 40.4 Å². The molecule has 0 aliphatic heterocycles. The lowest BCUT2D eigenvalue weighted by Crippen LogP contribution is -2.13. The maximum Gasteiger partial charge on any atom is 0.303 e. The number of nitrogens with one attached hydrogen (secondary N) is 1. The van der Waals surface area contributed by atoms with Gasteiger partial charge in [-0.3, -0.25) is 9.52 Å². The Bertz CT molecular complexity index is 840. The van der Waals surface area contributed by atoms with Gasteiger partial charge in [0, 0.05) is 11.3 Å². The van der Waals surface area contributed by atoms with Crippen molar-refractivity contribution in [2.45, 2.75) is 57.3 Å². The van der Waals surface area contributed by atoms with Crippen molar-refractivity contribution in [1.82, 2.24) is 4.98 Å². The third kappa shape index (κ3) is 6.10. The Labute approximate surface area is 158 Å². The number of hydrogen-bond donors (Lipinski definition) is 2. The van der Waals surface area contributed by atoms with Crippen LogP contribution >= 0.6 is 11.3 Å². The maximum atomic E-state index is 12.6. The first kappa shape index (κ1) is 20.4. The molecule has 8 heteroatoms. The number of hydrogen-bond acceptors (Lipinski definition) is 5. The minimum atomic E-state index is -3.66. The quantitative estimate of drug-likeness (QED) is 0.588. The summed E-state index contributed by atoms with van der Waals surface area (Å²) in [6.07, 6.45) is 4.36. The van der Waals surface area contributed by atoms with Crippen LogP contribution in [-0.4, -0.2) is 24.5 Å². The van der Waals surface area contributed by atoms with E-state index in [4.69, 9.17) is 5.11 Å². The largest absolute Gasteiger partial charge is 0.481 e. The first-order chi connectivity index (χ1) is 12.3. The van der Waals surface area contributed by atoms with Crippen LogP contribution in [-0.2, 0) is 21.2 Å². The number of benzene rings is 1. The Kier molecular flexibility index (Phi) is 7.16. The molecule has 0 saturated carbocycles. The molecule has 1 aromatic heterocycles. The fourth-order valence-corrected chi connectivity index (χ4v) is 4.64. The predicted molar refractivity (Wildman–Crippen MR) is 103 cm³/mol. The van der Waals surface area contributed by atoms with Crippen LogP contribution in [0.2, 0.25) is 0 Å². The summed E-state index contributed by atoms with van der Waals surface area (Å²) in [4.78, 5) is 15.9. The van der Waals surface area contributed by atoms with Gasteiger partial charge in [-0.2, -0.15) is 0 Å². The van der Waals surface area contributed by atoms with Gasteiger partial charge in [0.1, 0.15) is 0 Å². The number of unbranched alkanes of at least 4 members (excludes halogenated alkanes) is 3. The third-order valence-electron chi connectivity index (χ3n) is 4.07. The third-order valence-corrected chi connectivity index (χ3v) is 6.52. The number of nitrogens with zero attached hydrogens (tertiary/aromatic N) is 1. The Morgan fingerprint density at radius 1 is 1.19 bits per heavy atom. The molecular formula is C18H24N2O4S2. The normalized spacial score (nSPS) is 11.5. The first-order valence-corrected chi connectivity index (χ1v) is 10.9. The average molecular weight is 397 g/mol. The molecule has 0 radical (unpaired) electrons. The standard InChI is InChI=1S/C18H24N2O4S2/c1-13-14(2)25-18(19-13)20-26(23,24)16-10-7-9-15(12-16)8-5-3-4-6-11-17(21)22/h7,9-10,12H,3-6,8,11H2,1-2H3,(H,19,20)(H,21,22). The van der Waals surface area contributed by atoms with Gasteiger partial charge in [0.2, 0.25) is 0 Å². The summed E-state index contributed by atoms with van der Waals surface area (Å²) in [5.41, 5.74) is 1.78. The predicted octanol–water partition coefficient (Wildman–Crippen LogP) is 4.14. The minimum absolute atomic E-state index is 0.203. The van der Waals surface area contributed by atoms with Crippen LogP contribution in [0, 0.1) is 13.8 Å². The smallest absolute Gasteiger partial charge is 0.303 e. The highest BCUT2D eigenvalue weighted by molar-refractivity contribution is 7.93. The zero-order chi connectivity index (χ0) is 19.2. The summed E-state index contributed by atoms with van der Waals surface area (Å²) in [7, 11) is -3.66. The van der Waals surface area contributed by atoms with Crippen molar-refractivity contribution in [2.75, 3.05) is 4.72 Å². The first-order valence-electron chi connectivity index (χ1n) is 8.55. The van der Waals surface area contributed by atoms with Crippen molar-refractivity contribution < 1.29 is 18.3 Å². The molecule has 0 aliphatic carbocycles. The SMILES string of the molecule is Cc1nc(NS(=O)(=O)c2cccc(CCCCCCC(=O)O)c2)sc1C. The Morgan fingerprint density at radius 2 is 1.92 bits per heavy atom. The Hall–Kier alpha value is -1.93. The van der Waals surface area contributed by atoms with E-state index in [1.807, 2.05) is 19.9 Å². The molecule has 0 bridgehead atoms. The van der Waals surface area contributed by atoms with Crippen molar-refractivity contribution in [3.8, 4) is 0 Å². The summed E-state index contributed by atoms with van der Waals surface area (Å²) in [5, 5.41) is 8.99. The molecule has 2 rings (SSSR count). The van der Waals surface area contributed by atoms with E-state index in [1.165, 1.54) is 11.3 Å². The highest BCUT2D eigenvalue weighted by Crippen LogP contribution is 2.24. The van der Waals surface area contributed by atoms with Crippen molar-refractivity contribution >= 4 is 32.5 Å². The van der Waals surface area contributed by atoms with Gasteiger partial charge in [-0.1, -0.05) is 25.0 Å². The second-order valence-corrected chi connectivity index (χ2v) is 9.11. The Morgan fingerprint density at radius 3 is 2.58 bits per heavy atom. The van der Waals surface area contributed by atoms with E-state index < -0.39 is 16.0 Å². The van der Waals surface area contributed by atoms with E-state index in [0.717, 1.165) is 41.8 Å². The fourth-order valence-electron chi connectivity index (χ4n) is 2.52. The summed E-state index contributed by atoms with van der Waals surface area (Å²) in [6, 6.07) is 6.92. The number of aliphatic carboxylic acids is 1. The van der Waals surface area contributed by atoms with Crippen molar-refractivity contribution in [3.63, 3.8) is 0 Å². The molecule has 1 aromatic carbocycles. The van der Waals surface area contributed by atoms with Gasteiger partial charge in [0.05, 0.1) is 10.6 Å². The summed E-state index contributed by atoms with van der Waals surface area (Å²) >= 11 is 1.32. The number of thiazole rings is 1. The molecule has 1 heterocycles. The zero-order valence-electron chi connectivity index (χ0n) is 15.0. The van der Waals surface area contributed by atoms with Crippen molar-refractivity contribution in [1.29, 1.82) is 0 Å². The lowest BCUT2D eigenvalue weighted by atomic mass is 10.1. The molecule has 142 valence electrons. The van der Waals surface area contributed by atoms with Crippen molar-refractivity contribution in [2.24, 2.45) is 0 Å². The second-order valence-electron chi connectivity index (χ2n) is 6.22. The number of aryl methyl sites for hydroxylation is 3. The van der Waals surface area contributed by atoms with Gasteiger partial charge >= 0.3 is 5.97 Å². The van der Waals surface area contributed by atoms with Gasteiger partial charge in [0.15, 0.2) is 5.13 Å². The van der Waals surface area contributed by atoms with Crippen LogP contribution in [0.3, 0.4) is 0 Å². The summed E-state index contributed by atoms with van der Waals surface area (Å²) < 4.78 is 27.6. The van der Waals surface area contributed by atoms with E-state index in [1.54, 1.807) is 18.2 Å². The van der Waals surface area contributed by atoms with Crippen LogP contribution in [0.5, 0.6) is 0 Å². The lowest BCUT2D eigenvalue weighted by molar-refractivity contribution is -0.137. The van der Waals surface area contributed by atoms with Gasteiger partial charge < -0.3 is 5.11 Å². The highest BCUT2D eigenvalue weighted by atomic mass is 32.2. The monoisotopic (exact) mass is 396 g/mol. The second kappa shape index (κ2) is 9.14. The minimum Gasteiger partial charge on any atom is -0.481 e. The van der Waals surface area contributed by atoms with Gasteiger partial charge in [-0.05, 0) is 50.8 Å². The van der Waals surface area contributed by atoms with Crippen LogP contribution in [0.25, 0.3) is 0 Å². The zero-order valence-corrected chi connectivity index (χ0v) is 16.6. The number of aromatic nitrogens is 1. The molecular weight excluding hydrogens is 372 g/mol. The molecule has 26 heavy (non-hydrogen) atoms. The van der Waals surface area contributed by atoms with E-state index in [-0.39, 0.29) is 11.3 Å². The number of anilines is 1. The van der Waals surface area contributed by atoms with Crippen LogP contribution in [0.15, 0.2) is 29.2 Å². The fraction of sp³-hybridized carbons (Fsp3) is 0.444. The topological polar surface area (TPSA) is 96.4 Å². The van der Waals surface area contributed by atoms with Crippen LogP contribution in [0.4, 0.5) is 5.13 Å². The number of carboxylic acid groups (broad SMARTS) is 1. The van der Waals surface area contributed by atoms with E-state index in [2.05, 4.69) is 9.71 Å². The van der Waals surface area contributed by atoms with E-state index >= 15 is 0 Å². The molecule has 6 nitrogen and oxygen atoms in total. The summed E-state index contributed by atoms with van der Waals surface area (Å²) in [5.74, 6) is -0.763. The molecule has 0 aliphatic rings. The molecule has 0 fully saturated rings. The molecule has 0 saturated heterocycles. The highest BCUT2D eigenvalue weighted by Gasteiger charge is 2.17. The van der Waals surface area contributed by atoms with Crippen LogP contribution in [0.1, 0.15) is 48.2 Å². The van der Waals surface area contributed by atoms with Gasteiger partial charge in [0.25, 0.3) is 10.0 Å². The number of rotatable bonds is 10. The lowest BCUT2D eigenvalue weighted by Gasteiger charge is -2.07. The molecule has 0 unspecified atom stereocenters. The molecule has 2 aromatic rings. The number of carbonyl (C=O) groups is 1. The molecule has 0 atom stereocenters.